The minimum Gasteiger partial charge on any atom is -0.306 e. The smallest absolute Gasteiger partial charge is 0.152 e. The van der Waals surface area contributed by atoms with E-state index < -0.39 is 0 Å². The zero-order valence-electron chi connectivity index (χ0n) is 5.50. The van der Waals surface area contributed by atoms with Gasteiger partial charge in [-0.1, -0.05) is 0 Å². The highest BCUT2D eigenvalue weighted by molar-refractivity contribution is 7.07. The molecule has 1 unspecified atom stereocenters. The minimum atomic E-state index is -0.275. The van der Waals surface area contributed by atoms with Gasteiger partial charge in [0.15, 0.2) is 5.51 Å². The van der Waals surface area contributed by atoms with Gasteiger partial charge in [0.2, 0.25) is 0 Å². The topological polar surface area (TPSA) is 42.0 Å². The fourth-order valence-corrected chi connectivity index (χ4v) is 1.15. The van der Waals surface area contributed by atoms with Crippen molar-refractivity contribution in [2.45, 2.75) is 6.04 Å². The first-order valence-electron chi connectivity index (χ1n) is 2.82. The zero-order valence-corrected chi connectivity index (χ0v) is 6.31. The number of nitrogens with zero attached hydrogens (tertiary/aromatic N) is 1. The van der Waals surface area contributed by atoms with Crippen molar-refractivity contribution in [2.75, 3.05) is 7.05 Å². The molecule has 0 aromatic carbocycles. The number of aromatic nitrogens is 1. The lowest BCUT2D eigenvalue weighted by atomic mass is 10.3. The third-order valence-electron chi connectivity index (χ3n) is 1.17. The molecule has 0 fully saturated rings. The normalized spacial score (nSPS) is 12.9. The lowest BCUT2D eigenvalue weighted by Gasteiger charge is -2.02. The molecule has 0 spiro atoms. The Morgan fingerprint density at radius 3 is 3.20 bits per heavy atom. The number of hydrogen-bond donors (Lipinski definition) is 1. The summed E-state index contributed by atoms with van der Waals surface area (Å²) in [6.45, 7) is 0. The van der Waals surface area contributed by atoms with Gasteiger partial charge in [0.1, 0.15) is 12.3 Å². The molecule has 0 saturated heterocycles. The second-order valence-electron chi connectivity index (χ2n) is 1.77. The van der Waals surface area contributed by atoms with E-state index in [0.717, 1.165) is 12.0 Å². The number of carbonyl (C=O) groups excluding carboxylic acids is 1. The molecule has 0 bridgehead atoms. The molecule has 1 N–H and O–H groups in total. The third-order valence-corrected chi connectivity index (χ3v) is 1.73. The number of aldehydes is 1. The fraction of sp³-hybridized carbons (Fsp3) is 0.333. The van der Waals surface area contributed by atoms with Crippen molar-refractivity contribution in [2.24, 2.45) is 0 Å². The highest BCUT2D eigenvalue weighted by atomic mass is 32.1. The Hall–Kier alpha value is -0.740. The predicted molar refractivity (Wildman–Crippen MR) is 38.8 cm³/mol. The van der Waals surface area contributed by atoms with Crippen LogP contribution < -0.4 is 5.32 Å². The summed E-state index contributed by atoms with van der Waals surface area (Å²) in [6.07, 6.45) is 0.822. The molecule has 1 radical (unpaired) electrons. The van der Waals surface area contributed by atoms with E-state index in [1.807, 2.05) is 0 Å². The first kappa shape index (κ1) is 7.37. The van der Waals surface area contributed by atoms with E-state index in [-0.39, 0.29) is 6.04 Å². The quantitative estimate of drug-likeness (QED) is 0.642. The van der Waals surface area contributed by atoms with Crippen LogP contribution in [0.3, 0.4) is 0 Å². The SMILES string of the molecule is CNC(C=O)c1cs[c]n1. The maximum absolute atomic E-state index is 10.3. The molecule has 0 amide bonds. The summed E-state index contributed by atoms with van der Waals surface area (Å²) >= 11 is 1.36. The summed E-state index contributed by atoms with van der Waals surface area (Å²) in [4.78, 5) is 14.2. The molecule has 3 nitrogen and oxygen atoms in total. The zero-order chi connectivity index (χ0) is 7.40. The molecule has 1 heterocycles. The van der Waals surface area contributed by atoms with Crippen molar-refractivity contribution >= 4 is 17.6 Å². The highest BCUT2D eigenvalue weighted by Crippen LogP contribution is 2.08. The lowest BCUT2D eigenvalue weighted by Crippen LogP contribution is -2.17. The average Bonchev–Trinajstić information content (AvgIpc) is 2.43. The molecule has 53 valence electrons. The standard InChI is InChI=1S/C6H7N2OS/c1-7-5(2-9)6-3-10-4-8-6/h2-3,5,7H,1H3. The van der Waals surface area contributed by atoms with Crippen LogP contribution in [-0.4, -0.2) is 18.3 Å². The fourth-order valence-electron chi connectivity index (χ4n) is 0.621. The van der Waals surface area contributed by atoms with Crippen molar-refractivity contribution in [3.05, 3.63) is 16.6 Å². The van der Waals surface area contributed by atoms with E-state index in [4.69, 9.17) is 0 Å². The molecule has 0 aliphatic carbocycles. The maximum Gasteiger partial charge on any atom is 0.152 e. The van der Waals surface area contributed by atoms with Crippen molar-refractivity contribution in [3.8, 4) is 0 Å². The van der Waals surface area contributed by atoms with Crippen LogP contribution in [0.1, 0.15) is 11.7 Å². The monoisotopic (exact) mass is 155 g/mol. The van der Waals surface area contributed by atoms with Gasteiger partial charge in [0.05, 0.1) is 5.69 Å². The van der Waals surface area contributed by atoms with E-state index in [0.29, 0.717) is 0 Å². The van der Waals surface area contributed by atoms with Crippen LogP contribution in [0.15, 0.2) is 5.38 Å². The number of likely N-dealkylation sites (N-methyl/N-ethyl adjacent to an activating group) is 1. The molecule has 10 heavy (non-hydrogen) atoms. The molecular weight excluding hydrogens is 148 g/mol. The summed E-state index contributed by atoms with van der Waals surface area (Å²) < 4.78 is 0. The molecule has 1 aromatic rings. The predicted octanol–water partition coefficient (Wildman–Crippen LogP) is 0.403. The lowest BCUT2D eigenvalue weighted by molar-refractivity contribution is -0.109. The van der Waals surface area contributed by atoms with Crippen LogP contribution in [0.25, 0.3) is 0 Å². The van der Waals surface area contributed by atoms with Crippen molar-refractivity contribution < 1.29 is 4.79 Å². The van der Waals surface area contributed by atoms with Gasteiger partial charge >= 0.3 is 0 Å². The molecule has 0 aliphatic rings. The Bertz CT molecular complexity index is 198. The van der Waals surface area contributed by atoms with Gasteiger partial charge in [-0.3, -0.25) is 0 Å². The van der Waals surface area contributed by atoms with Crippen molar-refractivity contribution in [1.82, 2.24) is 10.3 Å². The number of nitrogens with one attached hydrogen (secondary N) is 1. The Kier molecular flexibility index (Phi) is 2.53. The second-order valence-corrected chi connectivity index (χ2v) is 2.42. The van der Waals surface area contributed by atoms with Gasteiger partial charge in [0.25, 0.3) is 0 Å². The Labute approximate surface area is 63.1 Å². The number of thiazole rings is 1. The van der Waals surface area contributed by atoms with Gasteiger partial charge in [0, 0.05) is 5.38 Å². The highest BCUT2D eigenvalue weighted by Gasteiger charge is 2.07. The Morgan fingerprint density at radius 1 is 2.00 bits per heavy atom. The average molecular weight is 155 g/mol. The molecular formula is C6H7N2OS. The van der Waals surface area contributed by atoms with Crippen LogP contribution >= 0.6 is 11.3 Å². The van der Waals surface area contributed by atoms with Crippen LogP contribution in [0.2, 0.25) is 0 Å². The molecule has 4 heteroatoms. The van der Waals surface area contributed by atoms with Gasteiger partial charge in [-0.2, -0.15) is 0 Å². The Morgan fingerprint density at radius 2 is 2.80 bits per heavy atom. The van der Waals surface area contributed by atoms with Gasteiger partial charge in [-0.15, -0.1) is 11.3 Å². The van der Waals surface area contributed by atoms with Gasteiger partial charge in [-0.25, -0.2) is 4.98 Å². The first-order chi connectivity index (χ1) is 4.88. The number of hydrogen-bond acceptors (Lipinski definition) is 4. The van der Waals surface area contributed by atoms with Crippen LogP contribution in [-0.2, 0) is 4.79 Å². The van der Waals surface area contributed by atoms with E-state index in [1.54, 1.807) is 12.4 Å². The van der Waals surface area contributed by atoms with Crippen LogP contribution in [0, 0.1) is 5.51 Å². The number of carbonyl (C=O) groups is 1. The van der Waals surface area contributed by atoms with Crippen LogP contribution in [0.5, 0.6) is 0 Å². The molecule has 1 rings (SSSR count). The van der Waals surface area contributed by atoms with E-state index in [2.05, 4.69) is 15.8 Å². The summed E-state index contributed by atoms with van der Waals surface area (Å²) in [5, 5.41) is 4.61. The second kappa shape index (κ2) is 3.43. The summed E-state index contributed by atoms with van der Waals surface area (Å²) in [6, 6.07) is -0.275. The van der Waals surface area contributed by atoms with Crippen molar-refractivity contribution in [1.29, 1.82) is 0 Å². The third kappa shape index (κ3) is 1.40. The number of rotatable bonds is 3. The summed E-state index contributed by atoms with van der Waals surface area (Å²) in [7, 11) is 1.72. The Balaban J connectivity index is 2.73. The molecule has 0 saturated carbocycles. The van der Waals surface area contributed by atoms with E-state index in [1.165, 1.54) is 11.3 Å². The van der Waals surface area contributed by atoms with Gasteiger partial charge in [-0.05, 0) is 7.05 Å². The van der Waals surface area contributed by atoms with Gasteiger partial charge < -0.3 is 10.1 Å². The molecule has 1 atom stereocenters. The minimum absolute atomic E-state index is 0.275. The maximum atomic E-state index is 10.3. The van der Waals surface area contributed by atoms with Crippen LogP contribution in [0.4, 0.5) is 0 Å². The summed E-state index contributed by atoms with van der Waals surface area (Å²) in [5.41, 5.74) is 3.41. The molecule has 0 aliphatic heterocycles. The largest absolute Gasteiger partial charge is 0.306 e. The van der Waals surface area contributed by atoms with E-state index >= 15 is 0 Å². The first-order valence-corrected chi connectivity index (χ1v) is 3.70. The molecule has 1 aromatic heterocycles. The van der Waals surface area contributed by atoms with E-state index in [9.17, 15) is 4.79 Å². The summed E-state index contributed by atoms with van der Waals surface area (Å²) in [5.74, 6) is 0. The van der Waals surface area contributed by atoms with Crippen molar-refractivity contribution in [3.63, 3.8) is 0 Å².